The van der Waals surface area contributed by atoms with Crippen molar-refractivity contribution in [3.63, 3.8) is 0 Å². The van der Waals surface area contributed by atoms with Crippen LogP contribution in [0.1, 0.15) is 25.8 Å². The summed E-state index contributed by atoms with van der Waals surface area (Å²) in [5.74, 6) is 0. The highest BCUT2D eigenvalue weighted by Crippen LogP contribution is 2.20. The third-order valence-electron chi connectivity index (χ3n) is 3.11. The summed E-state index contributed by atoms with van der Waals surface area (Å²) in [6, 6.07) is 0.631. The number of rotatable bonds is 2. The Morgan fingerprint density at radius 3 is 2.71 bits per heavy atom. The minimum Gasteiger partial charge on any atom is -0.303 e. The van der Waals surface area contributed by atoms with Crippen LogP contribution in [-0.2, 0) is 0 Å². The van der Waals surface area contributed by atoms with Gasteiger partial charge in [-0.25, -0.2) is 0 Å². The summed E-state index contributed by atoms with van der Waals surface area (Å²) < 4.78 is 2.14. The zero-order valence-electron chi connectivity index (χ0n) is 9.11. The number of hydrogen-bond acceptors (Lipinski definition) is 2. The molecule has 1 saturated heterocycles. The molecule has 1 aliphatic rings. The van der Waals surface area contributed by atoms with Crippen LogP contribution < -0.4 is 5.46 Å². The average molecular weight is 191 g/mol. The van der Waals surface area contributed by atoms with Crippen LogP contribution in [0.15, 0.2) is 12.4 Å². The summed E-state index contributed by atoms with van der Waals surface area (Å²) in [6.07, 6.45) is 6.60. The molecule has 76 valence electrons. The van der Waals surface area contributed by atoms with Crippen molar-refractivity contribution >= 4 is 13.3 Å². The van der Waals surface area contributed by atoms with Gasteiger partial charge in [0.05, 0.1) is 6.04 Å². The van der Waals surface area contributed by atoms with Crippen molar-refractivity contribution in [2.24, 2.45) is 0 Å². The Kier molecular flexibility index (Phi) is 2.92. The van der Waals surface area contributed by atoms with Crippen molar-refractivity contribution in [3.8, 4) is 0 Å². The van der Waals surface area contributed by atoms with Crippen LogP contribution in [0.4, 0.5) is 0 Å². The molecule has 0 unspecified atom stereocenters. The molecule has 1 aromatic heterocycles. The lowest BCUT2D eigenvalue weighted by Crippen LogP contribution is -2.34. The van der Waals surface area contributed by atoms with Gasteiger partial charge in [0.1, 0.15) is 7.85 Å². The van der Waals surface area contributed by atoms with Gasteiger partial charge in [0.25, 0.3) is 0 Å². The van der Waals surface area contributed by atoms with E-state index in [2.05, 4.69) is 35.6 Å². The van der Waals surface area contributed by atoms with Crippen molar-refractivity contribution in [2.45, 2.75) is 25.8 Å². The summed E-state index contributed by atoms with van der Waals surface area (Å²) in [5, 5.41) is 4.39. The Morgan fingerprint density at radius 1 is 1.50 bits per heavy atom. The van der Waals surface area contributed by atoms with E-state index in [1.807, 2.05) is 6.20 Å². The van der Waals surface area contributed by atoms with Crippen molar-refractivity contribution in [2.75, 3.05) is 19.6 Å². The molecule has 1 aromatic rings. The number of piperidine rings is 1. The maximum absolute atomic E-state index is 4.39. The number of aromatic nitrogens is 2. The molecule has 0 amide bonds. The van der Waals surface area contributed by atoms with Gasteiger partial charge in [-0.3, -0.25) is 4.68 Å². The van der Waals surface area contributed by atoms with E-state index in [9.17, 15) is 0 Å². The fourth-order valence-corrected chi connectivity index (χ4v) is 2.13. The van der Waals surface area contributed by atoms with E-state index in [0.29, 0.717) is 6.04 Å². The molecule has 0 atom stereocenters. The number of nitrogens with zero attached hydrogens (tertiary/aromatic N) is 3. The summed E-state index contributed by atoms with van der Waals surface area (Å²) >= 11 is 0. The first kappa shape index (κ1) is 9.78. The first-order valence-electron chi connectivity index (χ1n) is 5.52. The topological polar surface area (TPSA) is 21.1 Å². The summed E-state index contributed by atoms with van der Waals surface area (Å²) in [5.41, 5.74) is 1.27. The van der Waals surface area contributed by atoms with E-state index >= 15 is 0 Å². The van der Waals surface area contributed by atoms with Gasteiger partial charge in [-0.15, -0.1) is 0 Å². The van der Waals surface area contributed by atoms with Gasteiger partial charge in [-0.1, -0.05) is 12.4 Å². The van der Waals surface area contributed by atoms with E-state index in [-0.39, 0.29) is 0 Å². The molecule has 2 heterocycles. The largest absolute Gasteiger partial charge is 0.303 e. The van der Waals surface area contributed by atoms with E-state index in [0.717, 1.165) is 0 Å². The predicted molar refractivity (Wildman–Crippen MR) is 60.8 cm³/mol. The Balaban J connectivity index is 1.95. The molecule has 0 N–H and O–H groups in total. The smallest absolute Gasteiger partial charge is 0.143 e. The molecule has 0 aliphatic carbocycles. The third-order valence-corrected chi connectivity index (χ3v) is 3.11. The van der Waals surface area contributed by atoms with Crippen molar-refractivity contribution in [1.82, 2.24) is 14.7 Å². The fraction of sp³-hybridized carbons (Fsp3) is 0.700. The van der Waals surface area contributed by atoms with E-state index < -0.39 is 0 Å². The quantitative estimate of drug-likeness (QED) is 0.603. The Bertz CT molecular complexity index is 289. The minimum absolute atomic E-state index is 0.631. The minimum atomic E-state index is 0.631. The van der Waals surface area contributed by atoms with Crippen LogP contribution in [0.3, 0.4) is 0 Å². The standard InChI is InChI=1S/C10H18BN3/c1-2-13-5-3-10(4-6-13)14-8-9(11)7-12-14/h7-8,10H,2-6,11H2,1H3. The Hall–Kier alpha value is -0.765. The van der Waals surface area contributed by atoms with Gasteiger partial charge >= 0.3 is 0 Å². The molecule has 0 radical (unpaired) electrons. The molecular weight excluding hydrogens is 173 g/mol. The van der Waals surface area contributed by atoms with E-state index in [1.54, 1.807) is 0 Å². The molecule has 2 rings (SSSR count). The van der Waals surface area contributed by atoms with Crippen LogP contribution in [0.5, 0.6) is 0 Å². The van der Waals surface area contributed by atoms with E-state index in [4.69, 9.17) is 0 Å². The van der Waals surface area contributed by atoms with Gasteiger partial charge in [-0.2, -0.15) is 5.10 Å². The average Bonchev–Trinajstić information content (AvgIpc) is 2.65. The van der Waals surface area contributed by atoms with Crippen LogP contribution in [0.25, 0.3) is 0 Å². The van der Waals surface area contributed by atoms with E-state index in [1.165, 1.54) is 37.9 Å². The summed E-state index contributed by atoms with van der Waals surface area (Å²) in [7, 11) is 2.10. The van der Waals surface area contributed by atoms with Crippen LogP contribution in [-0.4, -0.2) is 42.2 Å². The first-order chi connectivity index (χ1) is 6.79. The molecule has 3 nitrogen and oxygen atoms in total. The summed E-state index contributed by atoms with van der Waals surface area (Å²) in [4.78, 5) is 2.51. The second kappa shape index (κ2) is 4.17. The van der Waals surface area contributed by atoms with Gasteiger partial charge in [-0.05, 0) is 19.4 Å². The van der Waals surface area contributed by atoms with Gasteiger partial charge in [0.2, 0.25) is 0 Å². The van der Waals surface area contributed by atoms with Crippen LogP contribution >= 0.6 is 0 Å². The second-order valence-corrected chi connectivity index (χ2v) is 4.16. The molecule has 1 aliphatic heterocycles. The highest BCUT2D eigenvalue weighted by molar-refractivity contribution is 6.31. The van der Waals surface area contributed by atoms with Gasteiger partial charge in [0, 0.05) is 25.5 Å². The highest BCUT2D eigenvalue weighted by atomic mass is 15.3. The first-order valence-corrected chi connectivity index (χ1v) is 5.52. The molecule has 1 fully saturated rings. The lowest BCUT2D eigenvalue weighted by Gasteiger charge is -2.31. The monoisotopic (exact) mass is 191 g/mol. The SMILES string of the molecule is Bc1cnn(C2CCN(CC)CC2)c1. The molecular formula is C10H18BN3. The van der Waals surface area contributed by atoms with Crippen molar-refractivity contribution < 1.29 is 0 Å². The number of hydrogen-bond donors (Lipinski definition) is 0. The van der Waals surface area contributed by atoms with Crippen molar-refractivity contribution in [3.05, 3.63) is 12.4 Å². The normalized spacial score (nSPS) is 20.1. The maximum atomic E-state index is 4.39. The highest BCUT2D eigenvalue weighted by Gasteiger charge is 2.19. The zero-order chi connectivity index (χ0) is 9.97. The van der Waals surface area contributed by atoms with Crippen LogP contribution in [0, 0.1) is 0 Å². The third kappa shape index (κ3) is 2.00. The van der Waals surface area contributed by atoms with Crippen molar-refractivity contribution in [1.29, 1.82) is 0 Å². The predicted octanol–water partition coefficient (Wildman–Crippen LogP) is -0.202. The van der Waals surface area contributed by atoms with Gasteiger partial charge < -0.3 is 4.90 Å². The number of likely N-dealkylation sites (tertiary alicyclic amines) is 1. The summed E-state index contributed by atoms with van der Waals surface area (Å²) in [6.45, 7) is 5.86. The Morgan fingerprint density at radius 2 is 2.21 bits per heavy atom. The Labute approximate surface area is 86.5 Å². The lowest BCUT2D eigenvalue weighted by atomic mass is 10.0. The zero-order valence-corrected chi connectivity index (χ0v) is 9.11. The maximum Gasteiger partial charge on any atom is 0.143 e. The van der Waals surface area contributed by atoms with Gasteiger partial charge in [0.15, 0.2) is 0 Å². The van der Waals surface area contributed by atoms with Crippen LogP contribution in [0.2, 0.25) is 0 Å². The lowest BCUT2D eigenvalue weighted by molar-refractivity contribution is 0.187. The molecule has 0 saturated carbocycles. The fourth-order valence-electron chi connectivity index (χ4n) is 2.13. The molecule has 0 aromatic carbocycles. The molecule has 4 heteroatoms. The molecule has 14 heavy (non-hydrogen) atoms. The molecule has 0 bridgehead atoms. The second-order valence-electron chi connectivity index (χ2n) is 4.16. The molecule has 0 spiro atoms.